The second-order valence-electron chi connectivity index (χ2n) is 5.16. The largest absolute Gasteiger partial charge is 0.496 e. The van der Waals surface area contributed by atoms with E-state index in [-0.39, 0.29) is 6.54 Å². The first-order chi connectivity index (χ1) is 11.1. The average molecular weight is 312 g/mol. The fourth-order valence-corrected chi connectivity index (χ4v) is 2.07. The summed E-state index contributed by atoms with van der Waals surface area (Å²) < 4.78 is 5.20. The van der Waals surface area contributed by atoms with E-state index in [9.17, 15) is 9.59 Å². The van der Waals surface area contributed by atoms with E-state index < -0.39 is 11.8 Å². The predicted octanol–water partition coefficient (Wildman–Crippen LogP) is 1.94. The molecule has 0 unspecified atom stereocenters. The number of rotatable bonds is 5. The molecule has 5 nitrogen and oxygen atoms in total. The molecule has 0 aliphatic heterocycles. The van der Waals surface area contributed by atoms with Crippen molar-refractivity contribution in [1.82, 2.24) is 10.6 Å². The molecule has 2 aromatic rings. The molecule has 0 atom stereocenters. The summed E-state index contributed by atoms with van der Waals surface area (Å²) in [5.41, 5.74) is 2.91. The molecule has 0 aliphatic carbocycles. The highest BCUT2D eigenvalue weighted by atomic mass is 16.5. The van der Waals surface area contributed by atoms with Crippen molar-refractivity contribution in [1.29, 1.82) is 0 Å². The molecule has 0 spiro atoms. The van der Waals surface area contributed by atoms with Crippen LogP contribution in [0.4, 0.5) is 0 Å². The maximum Gasteiger partial charge on any atom is 0.309 e. The monoisotopic (exact) mass is 312 g/mol. The first-order valence-corrected chi connectivity index (χ1v) is 7.33. The summed E-state index contributed by atoms with van der Waals surface area (Å²) in [7, 11) is 1.56. The Kier molecular flexibility index (Phi) is 5.74. The molecule has 5 heteroatoms. The smallest absolute Gasteiger partial charge is 0.309 e. The maximum absolute atomic E-state index is 11.8. The van der Waals surface area contributed by atoms with Crippen molar-refractivity contribution < 1.29 is 14.3 Å². The molecule has 2 rings (SSSR count). The fourth-order valence-electron chi connectivity index (χ4n) is 2.07. The number of amides is 2. The topological polar surface area (TPSA) is 67.4 Å². The summed E-state index contributed by atoms with van der Waals surface area (Å²) in [4.78, 5) is 23.6. The molecule has 23 heavy (non-hydrogen) atoms. The van der Waals surface area contributed by atoms with Gasteiger partial charge in [-0.05, 0) is 18.6 Å². The molecule has 0 aromatic heterocycles. The highest BCUT2D eigenvalue weighted by Crippen LogP contribution is 2.16. The van der Waals surface area contributed by atoms with Gasteiger partial charge in [-0.3, -0.25) is 9.59 Å². The van der Waals surface area contributed by atoms with Gasteiger partial charge in [-0.1, -0.05) is 48.0 Å². The lowest BCUT2D eigenvalue weighted by Crippen LogP contribution is -2.39. The quantitative estimate of drug-likeness (QED) is 0.829. The lowest BCUT2D eigenvalue weighted by Gasteiger charge is -2.10. The van der Waals surface area contributed by atoms with Gasteiger partial charge in [-0.2, -0.15) is 0 Å². The van der Waals surface area contributed by atoms with Crippen molar-refractivity contribution in [3.63, 3.8) is 0 Å². The number of methoxy groups -OCH3 is 1. The van der Waals surface area contributed by atoms with Gasteiger partial charge in [-0.25, -0.2) is 0 Å². The Bertz CT molecular complexity index is 681. The SMILES string of the molecule is COc1ccccc1CNC(=O)C(=O)NCc1ccc(C)cc1. The first-order valence-electron chi connectivity index (χ1n) is 7.33. The van der Waals surface area contributed by atoms with Crippen LogP contribution in [-0.2, 0) is 22.7 Å². The van der Waals surface area contributed by atoms with Gasteiger partial charge in [0.2, 0.25) is 0 Å². The van der Waals surface area contributed by atoms with E-state index in [1.165, 1.54) is 0 Å². The minimum absolute atomic E-state index is 0.237. The Balaban J connectivity index is 1.83. The van der Waals surface area contributed by atoms with Crippen LogP contribution in [-0.4, -0.2) is 18.9 Å². The number of nitrogens with one attached hydrogen (secondary N) is 2. The molecule has 0 saturated heterocycles. The van der Waals surface area contributed by atoms with Crippen LogP contribution in [0.3, 0.4) is 0 Å². The number of hydrogen-bond acceptors (Lipinski definition) is 3. The standard InChI is InChI=1S/C18H20N2O3/c1-13-7-9-14(10-8-13)11-19-17(21)18(22)20-12-15-5-3-4-6-16(15)23-2/h3-10H,11-12H2,1-2H3,(H,19,21)(H,20,22). The Hall–Kier alpha value is -2.82. The third-order valence-electron chi connectivity index (χ3n) is 3.41. The van der Waals surface area contributed by atoms with E-state index in [1.54, 1.807) is 13.2 Å². The highest BCUT2D eigenvalue weighted by Gasteiger charge is 2.13. The van der Waals surface area contributed by atoms with Gasteiger partial charge in [-0.15, -0.1) is 0 Å². The Morgan fingerprint density at radius 1 is 0.913 bits per heavy atom. The van der Waals surface area contributed by atoms with Crippen LogP contribution >= 0.6 is 0 Å². The Morgan fingerprint density at radius 2 is 1.52 bits per heavy atom. The van der Waals surface area contributed by atoms with E-state index in [0.717, 1.165) is 16.7 Å². The zero-order valence-corrected chi connectivity index (χ0v) is 13.3. The lowest BCUT2D eigenvalue weighted by atomic mass is 10.1. The van der Waals surface area contributed by atoms with Crippen molar-refractivity contribution in [3.8, 4) is 5.75 Å². The van der Waals surface area contributed by atoms with E-state index in [0.29, 0.717) is 12.3 Å². The third kappa shape index (κ3) is 4.85. The molecule has 2 aromatic carbocycles. The van der Waals surface area contributed by atoms with Crippen molar-refractivity contribution in [2.75, 3.05) is 7.11 Å². The maximum atomic E-state index is 11.8. The van der Waals surface area contributed by atoms with Crippen LogP contribution in [0.1, 0.15) is 16.7 Å². The van der Waals surface area contributed by atoms with Crippen molar-refractivity contribution in [2.24, 2.45) is 0 Å². The zero-order valence-electron chi connectivity index (χ0n) is 13.3. The molecule has 2 amide bonds. The molecule has 0 aliphatic rings. The van der Waals surface area contributed by atoms with Gasteiger partial charge in [0.15, 0.2) is 0 Å². The number of ether oxygens (including phenoxy) is 1. The molecule has 0 saturated carbocycles. The lowest BCUT2D eigenvalue weighted by molar-refractivity contribution is -0.139. The van der Waals surface area contributed by atoms with Gasteiger partial charge < -0.3 is 15.4 Å². The Labute approximate surface area is 135 Å². The average Bonchev–Trinajstić information content (AvgIpc) is 2.59. The molecule has 0 fully saturated rings. The zero-order chi connectivity index (χ0) is 16.7. The molecular formula is C18H20N2O3. The van der Waals surface area contributed by atoms with E-state index in [1.807, 2.05) is 49.4 Å². The van der Waals surface area contributed by atoms with Gasteiger partial charge in [0.1, 0.15) is 5.75 Å². The number of aryl methyl sites for hydroxylation is 1. The minimum atomic E-state index is -0.664. The fraction of sp³-hybridized carbons (Fsp3) is 0.222. The molecule has 2 N–H and O–H groups in total. The van der Waals surface area contributed by atoms with Crippen molar-refractivity contribution in [2.45, 2.75) is 20.0 Å². The van der Waals surface area contributed by atoms with Crippen molar-refractivity contribution in [3.05, 3.63) is 65.2 Å². The summed E-state index contributed by atoms with van der Waals surface area (Å²) in [6, 6.07) is 15.1. The van der Waals surface area contributed by atoms with Gasteiger partial charge in [0.05, 0.1) is 7.11 Å². The number of carbonyl (C=O) groups is 2. The summed E-state index contributed by atoms with van der Waals surface area (Å²) in [5, 5.41) is 5.19. The molecular weight excluding hydrogens is 292 g/mol. The molecule has 120 valence electrons. The van der Waals surface area contributed by atoms with E-state index in [4.69, 9.17) is 4.74 Å². The summed E-state index contributed by atoms with van der Waals surface area (Å²) in [5.74, 6) is -0.642. The van der Waals surface area contributed by atoms with Gasteiger partial charge in [0, 0.05) is 18.7 Å². The second kappa shape index (κ2) is 7.98. The number of hydrogen-bond donors (Lipinski definition) is 2. The van der Waals surface area contributed by atoms with Crippen LogP contribution in [0.5, 0.6) is 5.75 Å². The van der Waals surface area contributed by atoms with E-state index >= 15 is 0 Å². The third-order valence-corrected chi connectivity index (χ3v) is 3.41. The van der Waals surface area contributed by atoms with E-state index in [2.05, 4.69) is 10.6 Å². The van der Waals surface area contributed by atoms with Crippen LogP contribution in [0.15, 0.2) is 48.5 Å². The molecule has 0 bridgehead atoms. The van der Waals surface area contributed by atoms with Gasteiger partial charge >= 0.3 is 11.8 Å². The molecule has 0 radical (unpaired) electrons. The van der Waals surface area contributed by atoms with Crippen molar-refractivity contribution >= 4 is 11.8 Å². The summed E-state index contributed by atoms with van der Waals surface area (Å²) in [6.07, 6.45) is 0. The van der Waals surface area contributed by atoms with Crippen LogP contribution < -0.4 is 15.4 Å². The normalized spacial score (nSPS) is 10.0. The number of benzene rings is 2. The minimum Gasteiger partial charge on any atom is -0.496 e. The molecule has 0 heterocycles. The van der Waals surface area contributed by atoms with Crippen LogP contribution in [0.2, 0.25) is 0 Å². The predicted molar refractivity (Wildman–Crippen MR) is 87.9 cm³/mol. The summed E-state index contributed by atoms with van der Waals surface area (Å²) >= 11 is 0. The van der Waals surface area contributed by atoms with Gasteiger partial charge in [0.25, 0.3) is 0 Å². The highest BCUT2D eigenvalue weighted by molar-refractivity contribution is 6.35. The van der Waals surface area contributed by atoms with Crippen LogP contribution in [0.25, 0.3) is 0 Å². The summed E-state index contributed by atoms with van der Waals surface area (Å²) in [6.45, 7) is 2.55. The Morgan fingerprint density at radius 3 is 2.17 bits per heavy atom. The van der Waals surface area contributed by atoms with Crippen LogP contribution in [0, 0.1) is 6.92 Å². The second-order valence-corrected chi connectivity index (χ2v) is 5.16. The number of para-hydroxylation sites is 1. The number of carbonyl (C=O) groups excluding carboxylic acids is 2. The first kappa shape index (κ1) is 16.5.